The molecule has 0 aliphatic carbocycles. The van der Waals surface area contributed by atoms with Crippen LogP contribution in [0.4, 0.5) is 0 Å². The highest BCUT2D eigenvalue weighted by atomic mass is 31.2. The maximum atomic E-state index is 11.9. The maximum absolute atomic E-state index is 11.9. The third-order valence-corrected chi connectivity index (χ3v) is 3.89. The highest BCUT2D eigenvalue weighted by molar-refractivity contribution is 7.56. The first-order chi connectivity index (χ1) is 6.66. The van der Waals surface area contributed by atoms with Gasteiger partial charge >= 0.3 is 0 Å². The zero-order valence-electron chi connectivity index (χ0n) is 8.73. The Hall–Kier alpha value is -0.150. The van der Waals surface area contributed by atoms with E-state index in [1.807, 2.05) is 26.0 Å². The molecule has 1 aliphatic heterocycles. The molecule has 0 amide bonds. The quantitative estimate of drug-likeness (QED) is 0.447. The molecule has 5 heteroatoms. The van der Waals surface area contributed by atoms with Crippen molar-refractivity contribution in [2.45, 2.75) is 26.4 Å². The van der Waals surface area contributed by atoms with Gasteiger partial charge in [-0.05, 0) is 20.3 Å². The van der Waals surface area contributed by atoms with Crippen LogP contribution in [0.25, 0.3) is 0 Å². The van der Waals surface area contributed by atoms with Gasteiger partial charge in [0.05, 0.1) is 12.7 Å². The van der Waals surface area contributed by atoms with Crippen LogP contribution >= 0.6 is 7.52 Å². The van der Waals surface area contributed by atoms with E-state index in [2.05, 4.69) is 5.09 Å². The van der Waals surface area contributed by atoms with Crippen LogP contribution in [0.1, 0.15) is 20.3 Å². The van der Waals surface area contributed by atoms with Crippen LogP contribution < -0.4 is 5.09 Å². The molecule has 0 aromatic rings. The highest BCUT2D eigenvalue weighted by Gasteiger charge is 2.29. The Kier molecular flexibility index (Phi) is 4.82. The number of allylic oxidation sites excluding steroid dienone is 1. The van der Waals surface area contributed by atoms with Crippen molar-refractivity contribution in [1.29, 1.82) is 0 Å². The fraction of sp³-hybridized carbons (Fsp3) is 0.778. The smallest absolute Gasteiger partial charge is 0.295 e. The third-order valence-electron chi connectivity index (χ3n) is 1.96. The van der Waals surface area contributed by atoms with Crippen molar-refractivity contribution in [2.75, 3.05) is 19.5 Å². The summed E-state index contributed by atoms with van der Waals surface area (Å²) in [5.74, 6) is 0. The summed E-state index contributed by atoms with van der Waals surface area (Å²) in [4.78, 5) is 0. The van der Waals surface area contributed by atoms with E-state index >= 15 is 0 Å². The van der Waals surface area contributed by atoms with Gasteiger partial charge in [-0.15, -0.1) is 0 Å². The van der Waals surface area contributed by atoms with Gasteiger partial charge in [0.2, 0.25) is 0 Å². The molecule has 1 heterocycles. The second-order valence-corrected chi connectivity index (χ2v) is 5.49. The van der Waals surface area contributed by atoms with E-state index in [9.17, 15) is 4.57 Å². The summed E-state index contributed by atoms with van der Waals surface area (Å²) in [6, 6.07) is 0. The summed E-state index contributed by atoms with van der Waals surface area (Å²) >= 11 is 0. The van der Waals surface area contributed by atoms with Gasteiger partial charge in [0, 0.05) is 6.54 Å². The van der Waals surface area contributed by atoms with E-state index in [1.165, 1.54) is 0 Å². The van der Waals surface area contributed by atoms with E-state index in [4.69, 9.17) is 9.26 Å². The number of rotatable bonds is 4. The Labute approximate surface area is 85.2 Å². The Balaban J connectivity index is 2.30. The van der Waals surface area contributed by atoms with Crippen molar-refractivity contribution in [3.05, 3.63) is 12.2 Å². The van der Waals surface area contributed by atoms with E-state index in [1.54, 1.807) is 0 Å². The fourth-order valence-electron chi connectivity index (χ4n) is 1.23. The molecule has 1 saturated heterocycles. The van der Waals surface area contributed by atoms with Gasteiger partial charge in [-0.2, -0.15) is 0 Å². The average molecular weight is 219 g/mol. The van der Waals surface area contributed by atoms with Gasteiger partial charge in [0.15, 0.2) is 0 Å². The molecular weight excluding hydrogens is 201 g/mol. The van der Waals surface area contributed by atoms with Gasteiger partial charge in [-0.3, -0.25) is 4.57 Å². The van der Waals surface area contributed by atoms with E-state index in [0.717, 1.165) is 13.0 Å². The largest absolute Gasteiger partial charge is 0.366 e. The number of ether oxygens (including phenoxy) is 1. The Morgan fingerprint density at radius 2 is 2.50 bits per heavy atom. The minimum Gasteiger partial charge on any atom is -0.366 e. The molecule has 0 aromatic carbocycles. The minimum atomic E-state index is -2.72. The SMILES string of the molecule is C/C=C\COC[P@@]1(=O)NCC[C@H](C)O1. The zero-order chi connectivity index (χ0) is 10.4. The second-order valence-electron chi connectivity index (χ2n) is 3.36. The average Bonchev–Trinajstić information content (AvgIpc) is 2.12. The number of hydrogen-bond acceptors (Lipinski definition) is 3. The lowest BCUT2D eigenvalue weighted by atomic mass is 10.3. The lowest BCUT2D eigenvalue weighted by Crippen LogP contribution is -2.29. The standard InChI is InChI=1S/C9H18NO3P/c1-3-4-7-12-8-14(11)10-6-5-9(2)13-14/h3-4,9H,5-8H2,1-2H3,(H,10,11)/b4-3-/t9-,14-/m0/s1. The Bertz CT molecular complexity index is 242. The van der Waals surface area contributed by atoms with Crippen LogP contribution in [-0.2, 0) is 13.8 Å². The van der Waals surface area contributed by atoms with Crippen molar-refractivity contribution < 1.29 is 13.8 Å². The molecule has 0 unspecified atom stereocenters. The van der Waals surface area contributed by atoms with Crippen molar-refractivity contribution in [2.24, 2.45) is 0 Å². The molecule has 1 aliphatic rings. The first kappa shape index (κ1) is 11.9. The molecule has 0 saturated carbocycles. The third kappa shape index (κ3) is 3.93. The monoisotopic (exact) mass is 219 g/mol. The van der Waals surface area contributed by atoms with Gasteiger partial charge in [0.1, 0.15) is 6.35 Å². The fourth-order valence-corrected chi connectivity index (χ4v) is 2.96. The van der Waals surface area contributed by atoms with Crippen LogP contribution in [0.5, 0.6) is 0 Å². The summed E-state index contributed by atoms with van der Waals surface area (Å²) in [5.41, 5.74) is 0. The van der Waals surface area contributed by atoms with Crippen molar-refractivity contribution >= 4 is 7.52 Å². The molecule has 1 rings (SSSR count). The van der Waals surface area contributed by atoms with Crippen LogP contribution in [0.15, 0.2) is 12.2 Å². The lowest BCUT2D eigenvalue weighted by molar-refractivity contribution is 0.148. The van der Waals surface area contributed by atoms with Gasteiger partial charge in [0.25, 0.3) is 7.52 Å². The van der Waals surface area contributed by atoms with E-state index in [-0.39, 0.29) is 12.5 Å². The molecule has 4 nitrogen and oxygen atoms in total. The molecule has 0 bridgehead atoms. The first-order valence-corrected chi connectivity index (χ1v) is 6.69. The summed E-state index contributed by atoms with van der Waals surface area (Å²) in [5, 5.41) is 2.89. The molecule has 14 heavy (non-hydrogen) atoms. The maximum Gasteiger partial charge on any atom is 0.295 e. The summed E-state index contributed by atoms with van der Waals surface area (Å²) in [6.07, 6.45) is 4.89. The van der Waals surface area contributed by atoms with Crippen LogP contribution in [0.3, 0.4) is 0 Å². The van der Waals surface area contributed by atoms with Crippen LogP contribution in [0, 0.1) is 0 Å². The molecular formula is C9H18NO3P. The Morgan fingerprint density at radius 1 is 1.71 bits per heavy atom. The predicted octanol–water partition coefficient (Wildman–Crippen LogP) is 2.13. The molecule has 1 N–H and O–H groups in total. The molecule has 82 valence electrons. The number of nitrogens with one attached hydrogen (secondary N) is 1. The molecule has 0 spiro atoms. The lowest BCUT2D eigenvalue weighted by Gasteiger charge is -2.28. The van der Waals surface area contributed by atoms with Crippen LogP contribution in [0.2, 0.25) is 0 Å². The van der Waals surface area contributed by atoms with Gasteiger partial charge < -0.3 is 9.26 Å². The van der Waals surface area contributed by atoms with Crippen LogP contribution in [-0.4, -0.2) is 25.6 Å². The molecule has 0 radical (unpaired) electrons. The summed E-state index contributed by atoms with van der Waals surface area (Å²) < 4.78 is 22.5. The minimum absolute atomic E-state index is 0.0624. The highest BCUT2D eigenvalue weighted by Crippen LogP contribution is 2.46. The normalized spacial score (nSPS) is 33.7. The van der Waals surface area contributed by atoms with Crippen molar-refractivity contribution in [3.63, 3.8) is 0 Å². The van der Waals surface area contributed by atoms with E-state index in [0.29, 0.717) is 6.61 Å². The molecule has 2 atom stereocenters. The zero-order valence-corrected chi connectivity index (χ0v) is 9.63. The summed E-state index contributed by atoms with van der Waals surface area (Å²) in [7, 11) is -2.72. The topological polar surface area (TPSA) is 47.6 Å². The van der Waals surface area contributed by atoms with E-state index < -0.39 is 7.52 Å². The second kappa shape index (κ2) is 5.66. The van der Waals surface area contributed by atoms with Crippen molar-refractivity contribution in [3.8, 4) is 0 Å². The molecule has 0 aromatic heterocycles. The Morgan fingerprint density at radius 3 is 3.14 bits per heavy atom. The predicted molar refractivity (Wildman–Crippen MR) is 56.4 cm³/mol. The van der Waals surface area contributed by atoms with Gasteiger partial charge in [-0.1, -0.05) is 12.2 Å². The molecule has 1 fully saturated rings. The first-order valence-electron chi connectivity index (χ1n) is 4.88. The van der Waals surface area contributed by atoms with Gasteiger partial charge in [-0.25, -0.2) is 5.09 Å². The van der Waals surface area contributed by atoms with Crippen molar-refractivity contribution in [1.82, 2.24) is 5.09 Å². The number of hydrogen-bond donors (Lipinski definition) is 1. The summed E-state index contributed by atoms with van der Waals surface area (Å²) in [6.45, 7) is 5.08.